The number of halogens is 2. The molecule has 8 heteroatoms. The largest absolute Gasteiger partial charge is 0.349 e. The van der Waals surface area contributed by atoms with Gasteiger partial charge in [0.1, 0.15) is 11.4 Å². The number of rotatable bonds is 4. The van der Waals surface area contributed by atoms with Gasteiger partial charge in [-0.3, -0.25) is 4.79 Å². The van der Waals surface area contributed by atoms with E-state index in [0.717, 1.165) is 31.0 Å². The second kappa shape index (κ2) is 8.22. The molecule has 0 atom stereocenters. The van der Waals surface area contributed by atoms with E-state index in [1.807, 2.05) is 47.0 Å². The topological polar surface area (TPSA) is 46.3 Å². The van der Waals surface area contributed by atoms with Gasteiger partial charge in [0, 0.05) is 39.4 Å². The molecule has 29 heavy (non-hydrogen) atoms. The molecule has 1 saturated heterocycles. The molecule has 6 nitrogen and oxygen atoms in total. The SMILES string of the molecule is CCN1CCN(C(=O)c2cc(-c3cccn3C)nn2-c2ccc(Cl)c(Cl)c2)CC1. The van der Waals surface area contributed by atoms with Crippen LogP contribution in [0.5, 0.6) is 0 Å². The van der Waals surface area contributed by atoms with Gasteiger partial charge in [-0.15, -0.1) is 0 Å². The van der Waals surface area contributed by atoms with Gasteiger partial charge >= 0.3 is 0 Å². The first-order valence-electron chi connectivity index (χ1n) is 9.66. The first-order chi connectivity index (χ1) is 14.0. The van der Waals surface area contributed by atoms with Crippen molar-refractivity contribution in [3.05, 3.63) is 58.3 Å². The molecule has 1 aromatic carbocycles. The van der Waals surface area contributed by atoms with Crippen molar-refractivity contribution in [3.63, 3.8) is 0 Å². The minimum absolute atomic E-state index is 0.0280. The average molecular weight is 432 g/mol. The van der Waals surface area contributed by atoms with E-state index in [2.05, 4.69) is 11.8 Å². The number of aromatic nitrogens is 3. The molecular weight excluding hydrogens is 409 g/mol. The van der Waals surface area contributed by atoms with E-state index < -0.39 is 0 Å². The standard InChI is InChI=1S/C21H23Cl2N5O/c1-3-26-9-11-27(12-10-26)21(29)20-14-18(19-5-4-8-25(19)2)24-28(20)15-6-7-16(22)17(23)13-15/h4-8,13-14H,3,9-12H2,1-2H3. The maximum atomic E-state index is 13.4. The summed E-state index contributed by atoms with van der Waals surface area (Å²) in [5.41, 5.74) is 2.90. The third-order valence-electron chi connectivity index (χ3n) is 5.39. The summed E-state index contributed by atoms with van der Waals surface area (Å²) >= 11 is 12.3. The lowest BCUT2D eigenvalue weighted by molar-refractivity contribution is 0.0634. The quantitative estimate of drug-likeness (QED) is 0.627. The summed E-state index contributed by atoms with van der Waals surface area (Å²) in [5, 5.41) is 5.63. The van der Waals surface area contributed by atoms with Crippen LogP contribution in [-0.2, 0) is 7.05 Å². The van der Waals surface area contributed by atoms with Gasteiger partial charge in [-0.1, -0.05) is 30.1 Å². The molecule has 0 N–H and O–H groups in total. The second-order valence-corrected chi connectivity index (χ2v) is 7.97. The summed E-state index contributed by atoms with van der Waals surface area (Å²) in [6.45, 7) is 6.32. The Morgan fingerprint density at radius 2 is 1.83 bits per heavy atom. The molecule has 0 unspecified atom stereocenters. The summed E-state index contributed by atoms with van der Waals surface area (Å²) in [4.78, 5) is 17.6. The van der Waals surface area contributed by atoms with Crippen LogP contribution in [0.1, 0.15) is 17.4 Å². The number of carbonyl (C=O) groups is 1. The summed E-state index contributed by atoms with van der Waals surface area (Å²) in [6.07, 6.45) is 1.96. The zero-order chi connectivity index (χ0) is 20.5. The predicted octanol–water partition coefficient (Wildman–Crippen LogP) is 3.96. The number of hydrogen-bond acceptors (Lipinski definition) is 3. The molecular formula is C21H23Cl2N5O. The van der Waals surface area contributed by atoms with Crippen molar-refractivity contribution in [3.8, 4) is 17.1 Å². The van der Waals surface area contributed by atoms with Gasteiger partial charge in [0.2, 0.25) is 0 Å². The summed E-state index contributed by atoms with van der Waals surface area (Å²) in [6, 6.07) is 11.1. The fraction of sp³-hybridized carbons (Fsp3) is 0.333. The molecule has 1 amide bonds. The predicted molar refractivity (Wildman–Crippen MR) is 116 cm³/mol. The maximum absolute atomic E-state index is 13.4. The maximum Gasteiger partial charge on any atom is 0.272 e. The fourth-order valence-electron chi connectivity index (χ4n) is 3.63. The van der Waals surface area contributed by atoms with Crippen molar-refractivity contribution in [2.45, 2.75) is 6.92 Å². The smallest absolute Gasteiger partial charge is 0.272 e. The van der Waals surface area contributed by atoms with Gasteiger partial charge in [0.05, 0.1) is 21.4 Å². The van der Waals surface area contributed by atoms with Crippen LogP contribution in [0.3, 0.4) is 0 Å². The van der Waals surface area contributed by atoms with Crippen molar-refractivity contribution in [1.82, 2.24) is 24.1 Å². The third kappa shape index (κ3) is 3.92. The molecule has 3 heterocycles. The number of piperazine rings is 1. The van der Waals surface area contributed by atoms with E-state index in [1.165, 1.54) is 0 Å². The second-order valence-electron chi connectivity index (χ2n) is 7.16. The number of hydrogen-bond donors (Lipinski definition) is 0. The molecule has 0 spiro atoms. The Hall–Kier alpha value is -2.28. The van der Waals surface area contributed by atoms with Crippen LogP contribution < -0.4 is 0 Å². The van der Waals surface area contributed by atoms with Crippen LogP contribution in [0, 0.1) is 0 Å². The molecule has 152 valence electrons. The van der Waals surface area contributed by atoms with Crippen molar-refractivity contribution in [2.24, 2.45) is 7.05 Å². The molecule has 1 fully saturated rings. The van der Waals surface area contributed by atoms with Crippen molar-refractivity contribution >= 4 is 29.1 Å². The Bertz CT molecular complexity index is 1030. The van der Waals surface area contributed by atoms with E-state index in [0.29, 0.717) is 34.5 Å². The van der Waals surface area contributed by atoms with E-state index in [-0.39, 0.29) is 5.91 Å². The Labute approximate surface area is 180 Å². The van der Waals surface area contributed by atoms with Gasteiger partial charge in [-0.25, -0.2) is 4.68 Å². The van der Waals surface area contributed by atoms with Gasteiger partial charge in [0.15, 0.2) is 0 Å². The van der Waals surface area contributed by atoms with Crippen LogP contribution >= 0.6 is 23.2 Å². The Morgan fingerprint density at radius 3 is 2.45 bits per heavy atom. The first-order valence-corrected chi connectivity index (χ1v) is 10.4. The number of likely N-dealkylation sites (N-methyl/N-ethyl adjacent to an activating group) is 1. The zero-order valence-electron chi connectivity index (χ0n) is 16.5. The lowest BCUT2D eigenvalue weighted by Gasteiger charge is -2.34. The monoisotopic (exact) mass is 431 g/mol. The van der Waals surface area contributed by atoms with Crippen LogP contribution in [0.15, 0.2) is 42.6 Å². The van der Waals surface area contributed by atoms with E-state index in [9.17, 15) is 4.79 Å². The number of aryl methyl sites for hydroxylation is 1. The lowest BCUT2D eigenvalue weighted by atomic mass is 10.2. The average Bonchev–Trinajstić information content (AvgIpc) is 3.36. The highest BCUT2D eigenvalue weighted by atomic mass is 35.5. The molecule has 4 rings (SSSR count). The highest BCUT2D eigenvalue weighted by Crippen LogP contribution is 2.27. The summed E-state index contributed by atoms with van der Waals surface area (Å²) in [5.74, 6) is -0.0280. The van der Waals surface area contributed by atoms with Gasteiger partial charge in [-0.05, 0) is 42.9 Å². The highest BCUT2D eigenvalue weighted by molar-refractivity contribution is 6.42. The number of amides is 1. The van der Waals surface area contributed by atoms with E-state index in [4.69, 9.17) is 28.3 Å². The van der Waals surface area contributed by atoms with Crippen LogP contribution in [0.4, 0.5) is 0 Å². The molecule has 2 aromatic heterocycles. The van der Waals surface area contributed by atoms with E-state index >= 15 is 0 Å². The van der Waals surface area contributed by atoms with Gasteiger partial charge in [-0.2, -0.15) is 5.10 Å². The number of carbonyl (C=O) groups excluding carboxylic acids is 1. The van der Waals surface area contributed by atoms with Gasteiger partial charge in [0.25, 0.3) is 5.91 Å². The van der Waals surface area contributed by atoms with Gasteiger partial charge < -0.3 is 14.4 Å². The lowest BCUT2D eigenvalue weighted by Crippen LogP contribution is -2.48. The van der Waals surface area contributed by atoms with Crippen molar-refractivity contribution < 1.29 is 4.79 Å². The molecule has 3 aromatic rings. The minimum atomic E-state index is -0.0280. The number of benzene rings is 1. The first kappa shape index (κ1) is 20.0. The molecule has 1 aliphatic heterocycles. The Balaban J connectivity index is 1.75. The third-order valence-corrected chi connectivity index (χ3v) is 6.13. The normalized spacial score (nSPS) is 15.1. The Kier molecular flexibility index (Phi) is 5.67. The molecule has 0 bridgehead atoms. The van der Waals surface area contributed by atoms with Crippen LogP contribution in [0.25, 0.3) is 17.1 Å². The molecule has 0 radical (unpaired) electrons. The molecule has 0 aliphatic carbocycles. The van der Waals surface area contributed by atoms with Crippen molar-refractivity contribution in [2.75, 3.05) is 32.7 Å². The highest BCUT2D eigenvalue weighted by Gasteiger charge is 2.26. The van der Waals surface area contributed by atoms with Crippen molar-refractivity contribution in [1.29, 1.82) is 0 Å². The van der Waals surface area contributed by atoms with E-state index in [1.54, 1.807) is 16.8 Å². The Morgan fingerprint density at radius 1 is 1.07 bits per heavy atom. The molecule has 0 saturated carbocycles. The molecule has 1 aliphatic rings. The summed E-state index contributed by atoms with van der Waals surface area (Å²) < 4.78 is 3.65. The van der Waals surface area contributed by atoms with Crippen LogP contribution in [0.2, 0.25) is 10.0 Å². The minimum Gasteiger partial charge on any atom is -0.349 e. The zero-order valence-corrected chi connectivity index (χ0v) is 18.0. The fourth-order valence-corrected chi connectivity index (χ4v) is 3.92. The summed E-state index contributed by atoms with van der Waals surface area (Å²) in [7, 11) is 1.96. The number of nitrogens with zero attached hydrogens (tertiary/aromatic N) is 5. The van der Waals surface area contributed by atoms with Crippen LogP contribution in [-0.4, -0.2) is 62.8 Å².